The Balaban J connectivity index is 2.50. The maximum Gasteiger partial charge on any atom is 0.354 e. The lowest BCUT2D eigenvalue weighted by Gasteiger charge is -2.07. The van der Waals surface area contributed by atoms with Crippen molar-refractivity contribution in [2.45, 2.75) is 6.92 Å². The van der Waals surface area contributed by atoms with Crippen molar-refractivity contribution in [3.63, 3.8) is 0 Å². The van der Waals surface area contributed by atoms with E-state index in [0.29, 0.717) is 17.0 Å². The molecule has 0 unspecified atom stereocenters. The molecule has 0 amide bonds. The molecule has 0 atom stereocenters. The Morgan fingerprint density at radius 1 is 1.30 bits per heavy atom. The van der Waals surface area contributed by atoms with Crippen LogP contribution in [0.1, 0.15) is 17.4 Å². The molecular weight excluding hydrogens is 260 g/mol. The van der Waals surface area contributed by atoms with Crippen LogP contribution in [-0.4, -0.2) is 22.1 Å². The number of nitrogens with zero attached hydrogens (tertiary/aromatic N) is 2. The van der Waals surface area contributed by atoms with Crippen molar-refractivity contribution >= 4 is 11.7 Å². The Morgan fingerprint density at radius 3 is 2.65 bits per heavy atom. The first-order valence-corrected chi connectivity index (χ1v) is 6.13. The normalized spacial score (nSPS) is 10.3. The van der Waals surface area contributed by atoms with Crippen molar-refractivity contribution in [1.29, 1.82) is 0 Å². The Hall–Kier alpha value is -2.63. The molecule has 0 saturated carbocycles. The lowest BCUT2D eigenvalue weighted by atomic mass is 10.1. The van der Waals surface area contributed by atoms with Crippen LogP contribution in [0, 0.1) is 10.1 Å². The highest BCUT2D eigenvalue weighted by Crippen LogP contribution is 2.30. The summed E-state index contributed by atoms with van der Waals surface area (Å²) in [7, 11) is 1.68. The summed E-state index contributed by atoms with van der Waals surface area (Å²) < 4.78 is 6.54. The molecule has 2 rings (SSSR count). The van der Waals surface area contributed by atoms with Crippen molar-refractivity contribution in [2.24, 2.45) is 7.05 Å². The second-order valence-electron chi connectivity index (χ2n) is 4.16. The summed E-state index contributed by atoms with van der Waals surface area (Å²) in [5.74, 6) is -0.445. The first kappa shape index (κ1) is 13.8. The quantitative estimate of drug-likeness (QED) is 0.488. The molecule has 0 aliphatic heterocycles. The first-order valence-electron chi connectivity index (χ1n) is 6.13. The molecule has 6 nitrogen and oxygen atoms in total. The molecule has 0 aliphatic rings. The number of carbonyl (C=O) groups is 1. The Kier molecular flexibility index (Phi) is 3.84. The molecule has 0 saturated heterocycles. The fraction of sp³-hybridized carbons (Fsp3) is 0.214. The smallest absolute Gasteiger partial charge is 0.354 e. The summed E-state index contributed by atoms with van der Waals surface area (Å²) in [5.41, 5.74) is 1.43. The van der Waals surface area contributed by atoms with Gasteiger partial charge < -0.3 is 9.30 Å². The van der Waals surface area contributed by atoms with Crippen molar-refractivity contribution in [3.8, 4) is 11.3 Å². The van der Waals surface area contributed by atoms with Gasteiger partial charge in [0.15, 0.2) is 0 Å². The van der Waals surface area contributed by atoms with Crippen LogP contribution in [-0.2, 0) is 11.8 Å². The summed E-state index contributed by atoms with van der Waals surface area (Å²) in [5, 5.41) is 11.1. The molecular formula is C14H14N2O4. The van der Waals surface area contributed by atoms with Crippen LogP contribution in [0.5, 0.6) is 0 Å². The summed E-state index contributed by atoms with van der Waals surface area (Å²) in [4.78, 5) is 22.4. The van der Waals surface area contributed by atoms with Gasteiger partial charge in [-0.05, 0) is 25.1 Å². The van der Waals surface area contributed by atoms with E-state index < -0.39 is 10.9 Å². The molecule has 2 aromatic rings. The van der Waals surface area contributed by atoms with E-state index in [1.54, 1.807) is 48.9 Å². The van der Waals surface area contributed by atoms with Gasteiger partial charge in [0.25, 0.3) is 5.69 Å². The van der Waals surface area contributed by atoms with E-state index in [4.69, 9.17) is 4.74 Å². The van der Waals surface area contributed by atoms with E-state index in [9.17, 15) is 14.9 Å². The fourth-order valence-corrected chi connectivity index (χ4v) is 2.04. The zero-order chi connectivity index (χ0) is 14.7. The second kappa shape index (κ2) is 5.56. The van der Waals surface area contributed by atoms with Crippen molar-refractivity contribution < 1.29 is 14.5 Å². The van der Waals surface area contributed by atoms with Gasteiger partial charge in [-0.15, -0.1) is 0 Å². The van der Waals surface area contributed by atoms with Crippen LogP contribution in [0.25, 0.3) is 11.3 Å². The lowest BCUT2D eigenvalue weighted by molar-refractivity contribution is -0.384. The third-order valence-corrected chi connectivity index (χ3v) is 2.98. The van der Waals surface area contributed by atoms with Crippen molar-refractivity contribution in [3.05, 3.63) is 52.2 Å². The zero-order valence-corrected chi connectivity index (χ0v) is 11.2. The molecule has 1 aromatic heterocycles. The highest BCUT2D eigenvalue weighted by Gasteiger charge is 2.20. The van der Waals surface area contributed by atoms with Gasteiger partial charge in [0.2, 0.25) is 0 Å². The molecule has 0 radical (unpaired) electrons. The number of nitro benzene ring substituents is 1. The molecule has 1 aromatic carbocycles. The van der Waals surface area contributed by atoms with Crippen LogP contribution in [0.4, 0.5) is 5.69 Å². The highest BCUT2D eigenvalue weighted by atomic mass is 16.6. The first-order chi connectivity index (χ1) is 9.56. The Bertz CT molecular complexity index is 661. The van der Waals surface area contributed by atoms with Crippen LogP contribution in [0.2, 0.25) is 0 Å². The molecule has 104 valence electrons. The topological polar surface area (TPSA) is 74.4 Å². The van der Waals surface area contributed by atoms with Gasteiger partial charge in [-0.25, -0.2) is 4.79 Å². The average molecular weight is 274 g/mol. The number of esters is 1. The number of nitro groups is 1. The van der Waals surface area contributed by atoms with E-state index in [1.807, 2.05) is 0 Å². The van der Waals surface area contributed by atoms with Gasteiger partial charge in [-0.3, -0.25) is 10.1 Å². The maximum atomic E-state index is 11.8. The standard InChI is InChI=1S/C14H14N2O4/c1-3-20-14(17)13-9-8-11(15(13)2)10-6-4-5-7-12(10)16(18)19/h4-9H,3H2,1-2H3. The van der Waals surface area contributed by atoms with Gasteiger partial charge >= 0.3 is 5.97 Å². The molecule has 0 fully saturated rings. The largest absolute Gasteiger partial charge is 0.461 e. The number of hydrogen-bond donors (Lipinski definition) is 0. The molecule has 1 heterocycles. The van der Waals surface area contributed by atoms with Gasteiger partial charge in [0.1, 0.15) is 5.69 Å². The lowest BCUT2D eigenvalue weighted by Crippen LogP contribution is -2.10. The van der Waals surface area contributed by atoms with E-state index >= 15 is 0 Å². The third kappa shape index (κ3) is 2.40. The summed E-state index contributed by atoms with van der Waals surface area (Å²) in [6.45, 7) is 2.01. The molecule has 0 N–H and O–H groups in total. The summed E-state index contributed by atoms with van der Waals surface area (Å²) >= 11 is 0. The zero-order valence-electron chi connectivity index (χ0n) is 11.2. The number of ether oxygens (including phenoxy) is 1. The van der Waals surface area contributed by atoms with Crippen LogP contribution >= 0.6 is 0 Å². The van der Waals surface area contributed by atoms with Crippen LogP contribution < -0.4 is 0 Å². The summed E-state index contributed by atoms with van der Waals surface area (Å²) in [6, 6.07) is 9.70. The minimum Gasteiger partial charge on any atom is -0.461 e. The summed E-state index contributed by atoms with van der Waals surface area (Å²) in [6.07, 6.45) is 0. The SMILES string of the molecule is CCOC(=O)c1ccc(-c2ccccc2[N+](=O)[O-])n1C. The van der Waals surface area contributed by atoms with Crippen molar-refractivity contribution in [2.75, 3.05) is 6.61 Å². The second-order valence-corrected chi connectivity index (χ2v) is 4.16. The van der Waals surface area contributed by atoms with E-state index in [1.165, 1.54) is 6.07 Å². The minimum atomic E-state index is -0.445. The molecule has 6 heteroatoms. The van der Waals surface area contributed by atoms with E-state index in [0.717, 1.165) is 0 Å². The number of hydrogen-bond acceptors (Lipinski definition) is 4. The third-order valence-electron chi connectivity index (χ3n) is 2.98. The van der Waals surface area contributed by atoms with E-state index in [2.05, 4.69) is 0 Å². The minimum absolute atomic E-state index is 0.00380. The molecule has 0 bridgehead atoms. The van der Waals surface area contributed by atoms with Gasteiger partial charge in [0.05, 0.1) is 22.8 Å². The van der Waals surface area contributed by atoms with Gasteiger partial charge in [0, 0.05) is 13.1 Å². The fourth-order valence-electron chi connectivity index (χ4n) is 2.04. The number of carbonyl (C=O) groups excluding carboxylic acids is 1. The van der Waals surface area contributed by atoms with Gasteiger partial charge in [-0.1, -0.05) is 12.1 Å². The van der Waals surface area contributed by atoms with Gasteiger partial charge in [-0.2, -0.15) is 0 Å². The molecule has 0 aliphatic carbocycles. The Labute approximate surface area is 115 Å². The number of rotatable bonds is 4. The predicted octanol–water partition coefficient (Wildman–Crippen LogP) is 2.78. The number of benzene rings is 1. The van der Waals surface area contributed by atoms with E-state index in [-0.39, 0.29) is 12.3 Å². The monoisotopic (exact) mass is 274 g/mol. The average Bonchev–Trinajstić information content (AvgIpc) is 2.80. The predicted molar refractivity (Wildman–Crippen MR) is 73.5 cm³/mol. The number of para-hydroxylation sites is 1. The Morgan fingerprint density at radius 2 is 2.00 bits per heavy atom. The molecule has 0 spiro atoms. The number of aromatic nitrogens is 1. The highest BCUT2D eigenvalue weighted by molar-refractivity contribution is 5.89. The van der Waals surface area contributed by atoms with Crippen molar-refractivity contribution in [1.82, 2.24) is 4.57 Å². The molecule has 20 heavy (non-hydrogen) atoms. The van der Waals surface area contributed by atoms with Crippen LogP contribution in [0.15, 0.2) is 36.4 Å². The maximum absolute atomic E-state index is 11.8. The van der Waals surface area contributed by atoms with Crippen LogP contribution in [0.3, 0.4) is 0 Å².